The monoisotopic (exact) mass is 403 g/mol. The number of fused-ring (bicyclic) bond motifs is 1. The van der Waals surface area contributed by atoms with E-state index in [1.54, 1.807) is 14.2 Å². The van der Waals surface area contributed by atoms with Crippen molar-refractivity contribution in [3.05, 3.63) is 24.5 Å². The molecule has 2 N–H and O–H groups in total. The first-order chi connectivity index (χ1) is 13.7. The fourth-order valence-electron chi connectivity index (χ4n) is 2.98. The van der Waals surface area contributed by atoms with Crippen molar-refractivity contribution in [1.29, 1.82) is 0 Å². The second-order valence-corrected chi connectivity index (χ2v) is 7.06. The minimum Gasteiger partial charge on any atom is -0.497 e. The first-order valence-electron chi connectivity index (χ1n) is 8.79. The summed E-state index contributed by atoms with van der Waals surface area (Å²) in [6.45, 7) is 1.85. The molecule has 4 rings (SSSR count). The van der Waals surface area contributed by atoms with Gasteiger partial charge in [-0.1, -0.05) is 0 Å². The van der Waals surface area contributed by atoms with Gasteiger partial charge in [0.1, 0.15) is 17.8 Å². The lowest BCUT2D eigenvalue weighted by atomic mass is 10.3. The fraction of sp³-hybridized carbons (Fsp3) is 0.389. The Labute approximate surface area is 166 Å². The Hall–Kier alpha value is -2.56. The Morgan fingerprint density at radius 1 is 1.21 bits per heavy atom. The number of hydrogen-bond acceptors (Lipinski definition) is 9. The number of methoxy groups -OCH3 is 2. The molecule has 3 heterocycles. The van der Waals surface area contributed by atoms with E-state index in [1.807, 2.05) is 22.8 Å². The molecule has 148 valence electrons. The zero-order chi connectivity index (χ0) is 19.5. The summed E-state index contributed by atoms with van der Waals surface area (Å²) in [5.74, 6) is 1.81. The van der Waals surface area contributed by atoms with E-state index in [0.29, 0.717) is 43.2 Å². The lowest BCUT2D eigenvalue weighted by Gasteiger charge is -2.13. The van der Waals surface area contributed by atoms with Crippen LogP contribution in [0.5, 0.6) is 11.5 Å². The highest BCUT2D eigenvalue weighted by atomic mass is 32.2. The predicted octanol–water partition coefficient (Wildman–Crippen LogP) is 2.34. The Balaban J connectivity index is 1.71. The molecular formula is C18H21N5O4S. The zero-order valence-electron chi connectivity index (χ0n) is 15.6. The molecule has 0 aliphatic carbocycles. The van der Waals surface area contributed by atoms with Crippen molar-refractivity contribution in [3.63, 3.8) is 0 Å². The van der Waals surface area contributed by atoms with Crippen LogP contribution < -0.4 is 15.2 Å². The van der Waals surface area contributed by atoms with Gasteiger partial charge in [-0.15, -0.1) is 0 Å². The summed E-state index contributed by atoms with van der Waals surface area (Å²) in [7, 11) is 3.26. The Morgan fingerprint density at radius 2 is 2.04 bits per heavy atom. The largest absolute Gasteiger partial charge is 0.497 e. The maximum Gasteiger partial charge on any atom is 0.175 e. The molecule has 0 spiro atoms. The molecule has 0 saturated carbocycles. The van der Waals surface area contributed by atoms with Gasteiger partial charge in [-0.05, 0) is 30.0 Å². The zero-order valence-corrected chi connectivity index (χ0v) is 16.4. The number of aryl methyl sites for hydroxylation is 1. The van der Waals surface area contributed by atoms with Gasteiger partial charge < -0.3 is 29.2 Å². The van der Waals surface area contributed by atoms with Gasteiger partial charge in [-0.2, -0.15) is 0 Å². The fourth-order valence-corrected chi connectivity index (χ4v) is 4.03. The van der Waals surface area contributed by atoms with Gasteiger partial charge in [0.15, 0.2) is 28.4 Å². The number of imidazole rings is 1. The molecule has 1 aromatic carbocycles. The van der Waals surface area contributed by atoms with Crippen LogP contribution in [0, 0.1) is 0 Å². The van der Waals surface area contributed by atoms with Gasteiger partial charge >= 0.3 is 0 Å². The van der Waals surface area contributed by atoms with Crippen molar-refractivity contribution in [2.24, 2.45) is 0 Å². The molecule has 1 aliphatic rings. The van der Waals surface area contributed by atoms with E-state index in [1.165, 1.54) is 18.1 Å². The van der Waals surface area contributed by atoms with E-state index < -0.39 is 0 Å². The number of benzene rings is 1. The molecule has 1 saturated heterocycles. The second-order valence-electron chi connectivity index (χ2n) is 6.06. The third kappa shape index (κ3) is 3.71. The molecule has 0 radical (unpaired) electrons. The van der Waals surface area contributed by atoms with Gasteiger partial charge in [0.05, 0.1) is 32.3 Å². The van der Waals surface area contributed by atoms with Crippen molar-refractivity contribution in [1.82, 2.24) is 19.5 Å². The molecule has 3 aromatic rings. The number of hydrogen-bond donors (Lipinski definition) is 1. The summed E-state index contributed by atoms with van der Waals surface area (Å²) in [5, 5.41) is 0.728. The Bertz CT molecular complexity index is 974. The molecule has 9 nitrogen and oxygen atoms in total. The highest BCUT2D eigenvalue weighted by Crippen LogP contribution is 2.38. The van der Waals surface area contributed by atoms with Crippen LogP contribution in [0.4, 0.5) is 5.82 Å². The standard InChI is InChI=1S/C18H21N5O4S/c1-24-11-3-4-12(25-2)13(9-11)28-18-22-15-16(19)20-10-21-17(15)23(18)6-5-14-26-7-8-27-14/h3-4,9-10,14H,5-8H2,1-2H3,(H2,19,20,21). The lowest BCUT2D eigenvalue weighted by molar-refractivity contribution is -0.0492. The molecule has 2 aromatic heterocycles. The molecule has 0 bridgehead atoms. The maximum atomic E-state index is 6.02. The topological polar surface area (TPSA) is 107 Å². The van der Waals surface area contributed by atoms with E-state index >= 15 is 0 Å². The average Bonchev–Trinajstić information content (AvgIpc) is 3.35. The number of rotatable bonds is 7. The van der Waals surface area contributed by atoms with Crippen LogP contribution in [0.1, 0.15) is 6.42 Å². The van der Waals surface area contributed by atoms with Gasteiger partial charge in [0.25, 0.3) is 0 Å². The van der Waals surface area contributed by atoms with Crippen LogP contribution >= 0.6 is 11.8 Å². The van der Waals surface area contributed by atoms with Crippen molar-refractivity contribution in [3.8, 4) is 11.5 Å². The minimum atomic E-state index is -0.221. The van der Waals surface area contributed by atoms with Crippen LogP contribution in [0.15, 0.2) is 34.6 Å². The van der Waals surface area contributed by atoms with Crippen molar-refractivity contribution >= 4 is 28.7 Å². The minimum absolute atomic E-state index is 0.221. The second kappa shape index (κ2) is 8.21. The summed E-state index contributed by atoms with van der Waals surface area (Å²) < 4.78 is 23.9. The lowest BCUT2D eigenvalue weighted by Crippen LogP contribution is -2.13. The van der Waals surface area contributed by atoms with E-state index in [-0.39, 0.29) is 6.29 Å². The highest BCUT2D eigenvalue weighted by molar-refractivity contribution is 7.99. The molecule has 0 unspecified atom stereocenters. The highest BCUT2D eigenvalue weighted by Gasteiger charge is 2.21. The summed E-state index contributed by atoms with van der Waals surface area (Å²) >= 11 is 1.45. The van der Waals surface area contributed by atoms with Gasteiger partial charge in [-0.3, -0.25) is 0 Å². The summed E-state index contributed by atoms with van der Waals surface area (Å²) in [4.78, 5) is 14.0. The van der Waals surface area contributed by atoms with E-state index in [9.17, 15) is 0 Å². The first-order valence-corrected chi connectivity index (χ1v) is 9.61. The first kappa shape index (κ1) is 18.8. The Kier molecular flexibility index (Phi) is 5.51. The number of ether oxygens (including phenoxy) is 4. The number of aromatic nitrogens is 4. The summed E-state index contributed by atoms with van der Waals surface area (Å²) in [6.07, 6.45) is 1.90. The quantitative estimate of drug-likeness (QED) is 0.636. The smallest absolute Gasteiger partial charge is 0.175 e. The average molecular weight is 403 g/mol. The predicted molar refractivity (Wildman–Crippen MR) is 104 cm³/mol. The molecule has 1 aliphatic heterocycles. The molecule has 0 atom stereocenters. The van der Waals surface area contributed by atoms with Crippen molar-refractivity contribution in [2.45, 2.75) is 29.3 Å². The number of nitrogens with two attached hydrogens (primary N) is 1. The molecule has 28 heavy (non-hydrogen) atoms. The Morgan fingerprint density at radius 3 is 2.79 bits per heavy atom. The van der Waals surface area contributed by atoms with Crippen LogP contribution in [-0.4, -0.2) is 53.2 Å². The third-order valence-corrected chi connectivity index (χ3v) is 5.41. The number of nitrogens with zero attached hydrogens (tertiary/aromatic N) is 4. The third-order valence-electron chi connectivity index (χ3n) is 4.38. The number of nitrogen functional groups attached to an aromatic ring is 1. The summed E-state index contributed by atoms with van der Waals surface area (Å²) in [6, 6.07) is 5.62. The van der Waals surface area contributed by atoms with Crippen molar-refractivity contribution < 1.29 is 18.9 Å². The van der Waals surface area contributed by atoms with Crippen molar-refractivity contribution in [2.75, 3.05) is 33.2 Å². The van der Waals surface area contributed by atoms with Gasteiger partial charge in [0, 0.05) is 13.0 Å². The maximum absolute atomic E-state index is 6.02. The van der Waals surface area contributed by atoms with Gasteiger partial charge in [0.2, 0.25) is 0 Å². The molecule has 1 fully saturated rings. The molecular weight excluding hydrogens is 382 g/mol. The van der Waals surface area contributed by atoms with Crippen LogP contribution in [0.2, 0.25) is 0 Å². The molecule has 10 heteroatoms. The van der Waals surface area contributed by atoms with E-state index in [4.69, 9.17) is 24.7 Å². The van der Waals surface area contributed by atoms with E-state index in [0.717, 1.165) is 21.6 Å². The number of anilines is 1. The molecule has 0 amide bonds. The van der Waals surface area contributed by atoms with Gasteiger partial charge in [-0.25, -0.2) is 15.0 Å². The van der Waals surface area contributed by atoms with E-state index in [2.05, 4.69) is 15.0 Å². The van der Waals surface area contributed by atoms with Crippen LogP contribution in [0.3, 0.4) is 0 Å². The SMILES string of the molecule is COc1ccc(OC)c(Sc2nc3c(N)ncnc3n2CCC2OCCO2)c1. The van der Waals surface area contributed by atoms with Crippen LogP contribution in [-0.2, 0) is 16.0 Å². The van der Waals surface area contributed by atoms with Crippen LogP contribution in [0.25, 0.3) is 11.2 Å². The normalized spacial score (nSPS) is 14.6. The summed E-state index contributed by atoms with van der Waals surface area (Å²) in [5.41, 5.74) is 7.27.